The number of carbonyl (C=O) groups is 1. The van der Waals surface area contributed by atoms with Crippen LogP contribution in [0.3, 0.4) is 0 Å². The number of amides is 1. The van der Waals surface area contributed by atoms with Gasteiger partial charge in [0, 0.05) is 41.9 Å². The van der Waals surface area contributed by atoms with E-state index in [0.717, 1.165) is 14.4 Å². The number of aromatic nitrogens is 4. The number of aryl methyl sites for hydroxylation is 2. The van der Waals surface area contributed by atoms with Gasteiger partial charge >= 0.3 is 5.69 Å². The molecule has 2 aromatic carbocycles. The molecule has 1 N–H and O–H groups in total. The molecule has 2 aromatic heterocycles. The third-order valence-electron chi connectivity index (χ3n) is 5.21. The van der Waals surface area contributed by atoms with Crippen LogP contribution in [-0.4, -0.2) is 24.6 Å². The molecule has 0 fully saturated rings. The zero-order valence-corrected chi connectivity index (χ0v) is 19.7. The minimum Gasteiger partial charge on any atom is -0.325 e. The number of rotatable bonds is 7. The molecule has 8 nitrogen and oxygen atoms in total. The maximum Gasteiger partial charge on any atom is 0.332 e. The van der Waals surface area contributed by atoms with E-state index in [-0.39, 0.29) is 12.3 Å². The first-order valence-corrected chi connectivity index (χ1v) is 11.5. The Bertz CT molecular complexity index is 1440. The summed E-state index contributed by atoms with van der Waals surface area (Å²) in [7, 11) is 3.01. The molecule has 10 heteroatoms. The fourth-order valence-electron chi connectivity index (χ4n) is 3.49. The van der Waals surface area contributed by atoms with Crippen LogP contribution in [0.25, 0.3) is 11.2 Å². The number of hydrogen-bond donors (Lipinski definition) is 1. The number of carbonyl (C=O) groups excluding carboxylic acids is 1. The van der Waals surface area contributed by atoms with Crippen molar-refractivity contribution in [1.82, 2.24) is 18.7 Å². The fourth-order valence-corrected chi connectivity index (χ4v) is 4.57. The first kappa shape index (κ1) is 22.9. The van der Waals surface area contributed by atoms with E-state index >= 15 is 0 Å². The van der Waals surface area contributed by atoms with Crippen molar-refractivity contribution in [2.75, 3.05) is 5.32 Å². The Balaban J connectivity index is 1.44. The number of anilines is 1. The number of imidazole rings is 1. The fraction of sp³-hybridized carbons (Fsp3) is 0.217. The molecule has 0 bridgehead atoms. The highest BCUT2D eigenvalue weighted by Crippen LogP contribution is 2.35. The van der Waals surface area contributed by atoms with Crippen LogP contribution in [0.1, 0.15) is 12.8 Å². The molecule has 4 rings (SSSR count). The van der Waals surface area contributed by atoms with Crippen molar-refractivity contribution in [1.29, 1.82) is 0 Å². The minimum atomic E-state index is -0.428. The van der Waals surface area contributed by atoms with Gasteiger partial charge in [-0.05, 0) is 36.8 Å². The topological polar surface area (TPSA) is 90.9 Å². The highest BCUT2D eigenvalue weighted by Gasteiger charge is 2.15. The molecule has 2 heterocycles. The van der Waals surface area contributed by atoms with E-state index in [2.05, 4.69) is 10.3 Å². The molecule has 33 heavy (non-hydrogen) atoms. The van der Waals surface area contributed by atoms with E-state index in [9.17, 15) is 14.4 Å². The maximum absolute atomic E-state index is 12.6. The molecule has 1 amide bonds. The van der Waals surface area contributed by atoms with E-state index in [1.54, 1.807) is 35.5 Å². The molecule has 0 saturated heterocycles. The van der Waals surface area contributed by atoms with Gasteiger partial charge in [-0.3, -0.25) is 18.7 Å². The summed E-state index contributed by atoms with van der Waals surface area (Å²) in [5.41, 5.74) is 0.489. The molecule has 0 saturated carbocycles. The largest absolute Gasteiger partial charge is 0.332 e. The Morgan fingerprint density at radius 2 is 1.85 bits per heavy atom. The second-order valence-corrected chi connectivity index (χ2v) is 9.08. The Morgan fingerprint density at radius 1 is 1.09 bits per heavy atom. The van der Waals surface area contributed by atoms with Crippen molar-refractivity contribution in [2.45, 2.75) is 29.2 Å². The van der Waals surface area contributed by atoms with Crippen LogP contribution in [0.5, 0.6) is 0 Å². The highest BCUT2D eigenvalue weighted by molar-refractivity contribution is 7.99. The van der Waals surface area contributed by atoms with Crippen LogP contribution in [0.4, 0.5) is 5.69 Å². The van der Waals surface area contributed by atoms with Gasteiger partial charge in [0.2, 0.25) is 5.91 Å². The predicted molar refractivity (Wildman–Crippen MR) is 130 cm³/mol. The second kappa shape index (κ2) is 9.68. The van der Waals surface area contributed by atoms with Crippen molar-refractivity contribution in [3.63, 3.8) is 0 Å². The predicted octanol–water partition coefficient (Wildman–Crippen LogP) is 3.66. The van der Waals surface area contributed by atoms with Gasteiger partial charge in [-0.25, -0.2) is 9.78 Å². The highest BCUT2D eigenvalue weighted by atomic mass is 35.5. The van der Waals surface area contributed by atoms with Crippen LogP contribution >= 0.6 is 23.4 Å². The lowest BCUT2D eigenvalue weighted by molar-refractivity contribution is -0.116. The number of nitrogens with one attached hydrogen (secondary N) is 1. The molecule has 170 valence electrons. The second-order valence-electron chi connectivity index (χ2n) is 7.52. The van der Waals surface area contributed by atoms with Gasteiger partial charge in [-0.1, -0.05) is 41.6 Å². The molecule has 0 atom stereocenters. The van der Waals surface area contributed by atoms with Crippen LogP contribution in [0.2, 0.25) is 5.02 Å². The Kier molecular flexibility index (Phi) is 6.71. The lowest BCUT2D eigenvalue weighted by Gasteiger charge is -2.12. The molecular weight excluding hydrogens is 462 g/mol. The molecule has 4 aromatic rings. The normalized spacial score (nSPS) is 11.1. The third-order valence-corrected chi connectivity index (χ3v) is 6.53. The van der Waals surface area contributed by atoms with E-state index < -0.39 is 11.2 Å². The third kappa shape index (κ3) is 4.89. The molecular formula is C23H22ClN5O3S. The minimum absolute atomic E-state index is 0.156. The van der Waals surface area contributed by atoms with Gasteiger partial charge in [-0.2, -0.15) is 0 Å². The molecule has 0 aliphatic carbocycles. The van der Waals surface area contributed by atoms with Crippen LogP contribution in [0, 0.1) is 0 Å². The lowest BCUT2D eigenvalue weighted by atomic mass is 10.2. The van der Waals surface area contributed by atoms with Crippen LogP contribution in [0.15, 0.2) is 74.2 Å². The smallest absolute Gasteiger partial charge is 0.325 e. The number of fused-ring (bicyclic) bond motifs is 1. The van der Waals surface area contributed by atoms with Crippen molar-refractivity contribution in [2.24, 2.45) is 14.1 Å². The number of halogens is 1. The summed E-state index contributed by atoms with van der Waals surface area (Å²) in [5, 5.41) is 3.48. The van der Waals surface area contributed by atoms with Crippen molar-refractivity contribution in [3.8, 4) is 0 Å². The van der Waals surface area contributed by atoms with E-state index in [1.807, 2.05) is 36.4 Å². The van der Waals surface area contributed by atoms with Crippen molar-refractivity contribution >= 4 is 46.1 Å². The zero-order chi connectivity index (χ0) is 23.5. The van der Waals surface area contributed by atoms with Crippen LogP contribution in [-0.2, 0) is 25.4 Å². The monoisotopic (exact) mass is 483 g/mol. The van der Waals surface area contributed by atoms with Crippen molar-refractivity contribution in [3.05, 3.63) is 80.7 Å². The van der Waals surface area contributed by atoms with Gasteiger partial charge in [-0.15, -0.1) is 0 Å². The standard InChI is InChI=1S/C23H22ClN5O3S/c1-27-21-20(22(31)28(2)23(27)32)29(14-25-21)12-6-9-19(30)26-17-13-15(24)10-11-18(17)33-16-7-4-3-5-8-16/h3-5,7-8,10-11,13-14H,6,9,12H2,1-2H3,(H,26,30). The summed E-state index contributed by atoms with van der Waals surface area (Å²) in [6.07, 6.45) is 2.26. The molecule has 0 radical (unpaired) electrons. The Morgan fingerprint density at radius 3 is 2.61 bits per heavy atom. The summed E-state index contributed by atoms with van der Waals surface area (Å²) < 4.78 is 4.07. The maximum atomic E-state index is 12.6. The zero-order valence-electron chi connectivity index (χ0n) is 18.1. The van der Waals surface area contributed by atoms with E-state index in [1.165, 1.54) is 17.9 Å². The van der Waals surface area contributed by atoms with Gasteiger partial charge in [0.05, 0.1) is 12.0 Å². The van der Waals surface area contributed by atoms with Gasteiger partial charge in [0.15, 0.2) is 11.2 Å². The summed E-state index contributed by atoms with van der Waals surface area (Å²) >= 11 is 7.70. The summed E-state index contributed by atoms with van der Waals surface area (Å²) in [6, 6.07) is 15.3. The van der Waals surface area contributed by atoms with Gasteiger partial charge < -0.3 is 9.88 Å². The number of nitrogens with zero attached hydrogens (tertiary/aromatic N) is 4. The van der Waals surface area contributed by atoms with Crippen LogP contribution < -0.4 is 16.6 Å². The lowest BCUT2D eigenvalue weighted by Crippen LogP contribution is -2.37. The SMILES string of the molecule is Cn1c(=O)c2c(ncn2CCCC(=O)Nc2cc(Cl)ccc2Sc2ccccc2)n(C)c1=O. The first-order valence-electron chi connectivity index (χ1n) is 10.3. The van der Waals surface area contributed by atoms with E-state index in [4.69, 9.17) is 11.6 Å². The average Bonchev–Trinajstić information content (AvgIpc) is 3.23. The molecule has 0 aliphatic heterocycles. The summed E-state index contributed by atoms with van der Waals surface area (Å²) in [6.45, 7) is 0.415. The number of benzene rings is 2. The Hall–Kier alpha value is -3.30. The first-order chi connectivity index (χ1) is 15.8. The summed E-state index contributed by atoms with van der Waals surface area (Å²) in [5.74, 6) is -0.156. The quantitative estimate of drug-likeness (QED) is 0.433. The Labute approximate surface area is 198 Å². The molecule has 0 aliphatic rings. The average molecular weight is 484 g/mol. The summed E-state index contributed by atoms with van der Waals surface area (Å²) in [4.78, 5) is 43.4. The number of hydrogen-bond acceptors (Lipinski definition) is 5. The van der Waals surface area contributed by atoms with Gasteiger partial charge in [0.25, 0.3) is 5.56 Å². The van der Waals surface area contributed by atoms with Gasteiger partial charge in [0.1, 0.15) is 0 Å². The molecule has 0 unspecified atom stereocenters. The molecule has 0 spiro atoms. The van der Waals surface area contributed by atoms with Crippen molar-refractivity contribution < 1.29 is 4.79 Å². The van der Waals surface area contributed by atoms with E-state index in [0.29, 0.717) is 34.8 Å².